The fourth-order valence-corrected chi connectivity index (χ4v) is 9.05. The maximum Gasteiger partial charge on any atom is 0.148 e. The van der Waals surface area contributed by atoms with Crippen LogP contribution in [-0.2, 0) is 20.1 Å². The van der Waals surface area contributed by atoms with E-state index >= 15 is 4.39 Å². The van der Waals surface area contributed by atoms with Crippen molar-refractivity contribution in [2.45, 2.75) is 19.6 Å². The van der Waals surface area contributed by atoms with Gasteiger partial charge >= 0.3 is 0 Å². The Morgan fingerprint density at radius 1 is 0.585 bits per heavy atom. The first-order chi connectivity index (χ1) is 31.2. The third kappa shape index (κ3) is 8.62. The molecule has 0 spiro atoms. The third-order valence-electron chi connectivity index (χ3n) is 11.4. The molecule has 0 unspecified atom stereocenters. The molecule has 9 heteroatoms. The number of halogens is 2. The molecule has 319 valence electrons. The molecular weight excluding hydrogens is 1000 g/mol. The largest absolute Gasteiger partial charge is 0.499 e. The summed E-state index contributed by atoms with van der Waals surface area (Å²) in [5.74, 6) is -0.202. The molecular formula is C56H40F2IrN4OSi-2. The molecule has 7 aromatic carbocycles. The molecule has 4 aromatic heterocycles. The molecule has 0 atom stereocenters. The van der Waals surface area contributed by atoms with Crippen LogP contribution in [0.3, 0.4) is 0 Å². The van der Waals surface area contributed by atoms with E-state index in [0.717, 1.165) is 55.5 Å². The summed E-state index contributed by atoms with van der Waals surface area (Å²) in [6.07, 6.45) is 3.69. The standard InChI is InChI=1S/C42H24F2N3O.C14H16NSi.Ir/c43-30-20-17-28(18-21-30)37-24-34-32-13-7-14-33(41(32)48-39(34)25-45-37)42-46-36-16-8-15-35(44)40(36)47(42)38-23-29(26-9-3-1-4-10-26)19-22-31(38)27-11-5-2-6-12-27;1-16(2,3)13-9-10-14(15-11-13)12-7-5-4-6-8-12;/h1-13,15-25H;4-7,9-11H,1-3H3;/q2*-1;. The van der Waals surface area contributed by atoms with Gasteiger partial charge in [-0.05, 0) is 76.1 Å². The van der Waals surface area contributed by atoms with Crippen LogP contribution >= 0.6 is 0 Å². The first-order valence-electron chi connectivity index (χ1n) is 21.0. The van der Waals surface area contributed by atoms with E-state index in [1.54, 1.807) is 24.4 Å². The topological polar surface area (TPSA) is 56.7 Å². The van der Waals surface area contributed by atoms with Gasteiger partial charge in [0.2, 0.25) is 0 Å². The Kier molecular flexibility index (Phi) is 12.0. The summed E-state index contributed by atoms with van der Waals surface area (Å²) in [7, 11) is -1.23. The quantitative estimate of drug-likeness (QED) is 0.118. The van der Waals surface area contributed by atoms with Gasteiger partial charge in [0.25, 0.3) is 0 Å². The number of aromatic nitrogens is 4. The van der Waals surface area contributed by atoms with Crippen LogP contribution in [-0.4, -0.2) is 27.6 Å². The van der Waals surface area contributed by atoms with Gasteiger partial charge in [-0.25, -0.2) is 8.78 Å². The van der Waals surface area contributed by atoms with E-state index in [1.807, 2.05) is 108 Å². The van der Waals surface area contributed by atoms with Gasteiger partial charge in [0.15, 0.2) is 0 Å². The first-order valence-corrected chi connectivity index (χ1v) is 24.5. The van der Waals surface area contributed by atoms with Gasteiger partial charge in [0.1, 0.15) is 17.2 Å². The minimum atomic E-state index is -1.23. The van der Waals surface area contributed by atoms with Crippen LogP contribution in [0.4, 0.5) is 8.78 Å². The summed E-state index contributed by atoms with van der Waals surface area (Å²) >= 11 is 0. The molecule has 11 rings (SSSR count). The zero-order valence-electron chi connectivity index (χ0n) is 35.7. The Morgan fingerprint density at radius 2 is 1.31 bits per heavy atom. The summed E-state index contributed by atoms with van der Waals surface area (Å²) in [6, 6.07) is 62.2. The average Bonchev–Trinajstić information content (AvgIpc) is 3.92. The molecule has 0 aliphatic rings. The molecule has 1 radical (unpaired) electrons. The minimum Gasteiger partial charge on any atom is -0.499 e. The van der Waals surface area contributed by atoms with Crippen molar-refractivity contribution >= 4 is 46.2 Å². The normalized spacial score (nSPS) is 11.3. The fourth-order valence-electron chi connectivity index (χ4n) is 8.02. The molecule has 0 N–H and O–H groups in total. The number of imidazole rings is 1. The predicted molar refractivity (Wildman–Crippen MR) is 258 cm³/mol. The summed E-state index contributed by atoms with van der Waals surface area (Å²) in [4.78, 5) is 14.2. The van der Waals surface area contributed by atoms with Gasteiger partial charge in [-0.1, -0.05) is 122 Å². The second-order valence-corrected chi connectivity index (χ2v) is 21.6. The third-order valence-corrected chi connectivity index (χ3v) is 13.4. The summed E-state index contributed by atoms with van der Waals surface area (Å²) in [5.41, 5.74) is 10.9. The molecule has 5 nitrogen and oxygen atoms in total. The van der Waals surface area contributed by atoms with Crippen LogP contribution < -0.4 is 5.19 Å². The monoisotopic (exact) mass is 1040 g/mol. The summed E-state index contributed by atoms with van der Waals surface area (Å²) < 4.78 is 38.0. The number of benzene rings is 7. The number of para-hydroxylation sites is 1. The Bertz CT molecular complexity index is 3430. The van der Waals surface area contributed by atoms with Crippen molar-refractivity contribution in [1.82, 2.24) is 19.5 Å². The van der Waals surface area contributed by atoms with Gasteiger partial charge in [-0.15, -0.1) is 54.1 Å². The molecule has 0 aliphatic heterocycles. The number of hydrogen-bond acceptors (Lipinski definition) is 4. The van der Waals surface area contributed by atoms with E-state index in [2.05, 4.69) is 84.2 Å². The number of nitrogens with zero attached hydrogens (tertiary/aromatic N) is 4. The number of rotatable bonds is 7. The van der Waals surface area contributed by atoms with Crippen molar-refractivity contribution in [3.63, 3.8) is 0 Å². The van der Waals surface area contributed by atoms with E-state index in [4.69, 9.17) is 9.40 Å². The van der Waals surface area contributed by atoms with E-state index in [0.29, 0.717) is 39.3 Å². The fraction of sp³-hybridized carbons (Fsp3) is 0.0536. The average molecular weight is 1040 g/mol. The van der Waals surface area contributed by atoms with Crippen molar-refractivity contribution in [3.05, 3.63) is 212 Å². The molecule has 0 saturated carbocycles. The molecule has 11 aromatic rings. The maximum absolute atomic E-state index is 16.0. The van der Waals surface area contributed by atoms with Crippen LogP contribution in [0.2, 0.25) is 19.6 Å². The van der Waals surface area contributed by atoms with Gasteiger partial charge in [-0.3, -0.25) is 9.97 Å². The van der Waals surface area contributed by atoms with E-state index in [9.17, 15) is 4.39 Å². The van der Waals surface area contributed by atoms with Crippen molar-refractivity contribution in [2.24, 2.45) is 0 Å². The minimum absolute atomic E-state index is 0. The number of pyridine rings is 2. The van der Waals surface area contributed by atoms with Crippen LogP contribution in [0.25, 0.3) is 94.8 Å². The van der Waals surface area contributed by atoms with Crippen molar-refractivity contribution in [1.29, 1.82) is 0 Å². The van der Waals surface area contributed by atoms with Crippen molar-refractivity contribution in [3.8, 4) is 61.8 Å². The van der Waals surface area contributed by atoms with Crippen LogP contribution in [0.1, 0.15) is 0 Å². The van der Waals surface area contributed by atoms with Crippen molar-refractivity contribution < 1.29 is 33.3 Å². The molecule has 4 heterocycles. The zero-order chi connectivity index (χ0) is 43.8. The number of fused-ring (bicyclic) bond motifs is 4. The SMILES string of the molecule is C[Si](C)(C)c1ccc(-c2[c-]cccc2)nc1.Fc1ccc(-c2cc3c(cn2)oc2c(-c4nc5cccc(F)c5n4-c4cc(-c5ccccc5)ccc4-c4ccccc4)[c-]ccc23)cc1.[Ir]. The Morgan fingerprint density at radius 3 is 2.02 bits per heavy atom. The first kappa shape index (κ1) is 43.1. The molecule has 0 aliphatic carbocycles. The maximum atomic E-state index is 16.0. The Hall–Kier alpha value is -7.16. The van der Waals surface area contributed by atoms with E-state index in [-0.39, 0.29) is 31.7 Å². The predicted octanol–water partition coefficient (Wildman–Crippen LogP) is 14.2. The van der Waals surface area contributed by atoms with Crippen molar-refractivity contribution in [2.75, 3.05) is 0 Å². The van der Waals surface area contributed by atoms with Crippen LogP contribution in [0, 0.1) is 23.8 Å². The molecule has 0 fully saturated rings. The van der Waals surface area contributed by atoms with Crippen LogP contribution in [0.15, 0.2) is 193 Å². The number of hydrogen-bond donors (Lipinski definition) is 0. The van der Waals surface area contributed by atoms with E-state index in [1.165, 1.54) is 23.4 Å². The summed E-state index contributed by atoms with van der Waals surface area (Å²) in [6.45, 7) is 7.00. The zero-order valence-corrected chi connectivity index (χ0v) is 39.1. The molecule has 0 bridgehead atoms. The smallest absolute Gasteiger partial charge is 0.148 e. The Labute approximate surface area is 390 Å². The molecule has 0 amide bonds. The van der Waals surface area contributed by atoms with Gasteiger partial charge in [0.05, 0.1) is 42.4 Å². The second-order valence-electron chi connectivity index (χ2n) is 16.6. The number of furan rings is 1. The van der Waals surface area contributed by atoms with Gasteiger partial charge in [0, 0.05) is 48.5 Å². The molecule has 65 heavy (non-hydrogen) atoms. The van der Waals surface area contributed by atoms with Gasteiger partial charge in [-0.2, -0.15) is 0 Å². The molecule has 0 saturated heterocycles. The van der Waals surface area contributed by atoms with Gasteiger partial charge < -0.3 is 14.0 Å². The van der Waals surface area contributed by atoms with E-state index < -0.39 is 8.07 Å². The Balaban J connectivity index is 0.000000266. The summed E-state index contributed by atoms with van der Waals surface area (Å²) in [5, 5.41) is 3.08. The van der Waals surface area contributed by atoms with Crippen LogP contribution in [0.5, 0.6) is 0 Å². The second kappa shape index (κ2) is 18.1.